The van der Waals surface area contributed by atoms with Gasteiger partial charge in [0.25, 0.3) is 0 Å². The lowest BCUT2D eigenvalue weighted by molar-refractivity contribution is -0.660. The maximum absolute atomic E-state index is 8.49. The summed E-state index contributed by atoms with van der Waals surface area (Å²) in [6.07, 6.45) is 1.57. The minimum absolute atomic E-state index is 0.0409. The van der Waals surface area contributed by atoms with Crippen molar-refractivity contribution in [2.75, 3.05) is 0 Å². The van der Waals surface area contributed by atoms with Gasteiger partial charge in [0.05, 0.1) is 12.1 Å². The Hall–Kier alpha value is -5.46. The van der Waals surface area contributed by atoms with Crippen LogP contribution < -0.4 is 4.57 Å². The van der Waals surface area contributed by atoms with E-state index < -0.39 is 13.7 Å². The summed E-state index contributed by atoms with van der Waals surface area (Å²) in [5, 5.41) is 1.70. The summed E-state index contributed by atoms with van der Waals surface area (Å²) in [7, 11) is 1.78. The van der Waals surface area contributed by atoms with Crippen molar-refractivity contribution in [1.29, 1.82) is 0 Å². The van der Waals surface area contributed by atoms with Gasteiger partial charge in [0.15, 0.2) is 11.9 Å². The lowest BCUT2D eigenvalue weighted by Crippen LogP contribution is -2.31. The van der Waals surface area contributed by atoms with Crippen LogP contribution in [0.3, 0.4) is 0 Å². The number of hydrogen-bond acceptors (Lipinski definition) is 1. The molecule has 0 spiro atoms. The number of fused-ring (bicyclic) bond motifs is 3. The standard InChI is InChI=1S/C40H31N2O/c1-25-16-18-32-33-20-21-35(41-4)38(29-14-10-7-11-15-29)40(33)43-39(32)37(25)36-23-34(27(3)24-42(36)5)31-19-17-30(22-26(31)2)28-12-8-6-9-13-28/h6-24H,1-3,5H3/q+1/i2D3,3D3. The van der Waals surface area contributed by atoms with Gasteiger partial charge in [-0.3, -0.25) is 0 Å². The summed E-state index contributed by atoms with van der Waals surface area (Å²) in [4.78, 5) is 3.80. The molecule has 7 aromatic rings. The number of benzene rings is 5. The predicted octanol–water partition coefficient (Wildman–Crippen LogP) is 10.6. The molecule has 0 N–H and O–H groups in total. The quantitative estimate of drug-likeness (QED) is 0.155. The third-order valence-corrected chi connectivity index (χ3v) is 8.13. The molecule has 2 aromatic heterocycles. The van der Waals surface area contributed by atoms with E-state index in [1.54, 1.807) is 36.0 Å². The van der Waals surface area contributed by atoms with Gasteiger partial charge in [-0.2, -0.15) is 0 Å². The van der Waals surface area contributed by atoms with Crippen molar-refractivity contribution in [3.8, 4) is 44.6 Å². The van der Waals surface area contributed by atoms with E-state index in [2.05, 4.69) is 4.85 Å². The number of aromatic nitrogens is 1. The molecule has 0 saturated heterocycles. The SMILES string of the molecule is [2H]C([2H])([2H])c1cc(-c2ccccc2)ccc1-c1cc(-c2c(C)ccc3c2oc2c(-c4ccccc4)c([N+]#[C-])ccc23)[n+](C)cc1C([2H])([2H])[2H]. The summed E-state index contributed by atoms with van der Waals surface area (Å²) >= 11 is 0. The molecule has 5 aromatic carbocycles. The Kier molecular flexibility index (Phi) is 4.95. The van der Waals surface area contributed by atoms with Crippen molar-refractivity contribution in [3.05, 3.63) is 143 Å². The van der Waals surface area contributed by atoms with Gasteiger partial charge in [-0.1, -0.05) is 103 Å². The van der Waals surface area contributed by atoms with Crippen LogP contribution >= 0.6 is 0 Å². The van der Waals surface area contributed by atoms with Crippen LogP contribution in [0.2, 0.25) is 0 Å². The van der Waals surface area contributed by atoms with Crippen LogP contribution in [-0.4, -0.2) is 0 Å². The molecule has 0 bridgehead atoms. The molecule has 0 fully saturated rings. The zero-order valence-electron chi connectivity index (χ0n) is 29.8. The van der Waals surface area contributed by atoms with E-state index in [0.29, 0.717) is 39.2 Å². The molecule has 0 aliphatic rings. The Bertz CT molecular complexity index is 2440. The summed E-state index contributed by atoms with van der Waals surface area (Å²) < 4.78 is 59.3. The summed E-state index contributed by atoms with van der Waals surface area (Å²) in [5.41, 5.74) is 7.84. The van der Waals surface area contributed by atoms with Gasteiger partial charge in [0.1, 0.15) is 18.2 Å². The first-order chi connectivity index (χ1) is 23.4. The molecule has 3 nitrogen and oxygen atoms in total. The van der Waals surface area contributed by atoms with E-state index in [9.17, 15) is 0 Å². The van der Waals surface area contributed by atoms with Gasteiger partial charge in [-0.15, -0.1) is 0 Å². The third-order valence-electron chi connectivity index (χ3n) is 8.13. The third kappa shape index (κ3) is 4.40. The van der Waals surface area contributed by atoms with Crippen molar-refractivity contribution in [2.45, 2.75) is 20.6 Å². The lowest BCUT2D eigenvalue weighted by Gasteiger charge is -2.13. The number of rotatable bonds is 4. The summed E-state index contributed by atoms with van der Waals surface area (Å²) in [6.45, 7) is 4.79. The van der Waals surface area contributed by atoms with Crippen molar-refractivity contribution >= 4 is 27.6 Å². The normalized spacial score (nSPS) is 13.9. The Morgan fingerprint density at radius 1 is 0.651 bits per heavy atom. The van der Waals surface area contributed by atoms with Crippen LogP contribution in [0.1, 0.15) is 24.9 Å². The molecule has 0 atom stereocenters. The predicted molar refractivity (Wildman–Crippen MR) is 177 cm³/mol. The fraction of sp³-hybridized carbons (Fsp3) is 0.100. The highest BCUT2D eigenvalue weighted by Gasteiger charge is 2.25. The van der Waals surface area contributed by atoms with E-state index in [1.807, 2.05) is 97.9 Å². The number of hydrogen-bond donors (Lipinski definition) is 0. The molecule has 0 unspecified atom stereocenters. The lowest BCUT2D eigenvalue weighted by atomic mass is 9.92. The molecule has 7 rings (SSSR count). The van der Waals surface area contributed by atoms with E-state index >= 15 is 0 Å². The second-order valence-corrected chi connectivity index (χ2v) is 10.8. The van der Waals surface area contributed by atoms with Crippen LogP contribution in [-0.2, 0) is 7.05 Å². The van der Waals surface area contributed by atoms with Gasteiger partial charge in [0, 0.05) is 36.2 Å². The molecule has 3 heteroatoms. The second-order valence-electron chi connectivity index (χ2n) is 10.8. The monoisotopic (exact) mass is 561 g/mol. The number of pyridine rings is 1. The van der Waals surface area contributed by atoms with Gasteiger partial charge in [-0.05, 0) is 59.6 Å². The summed E-state index contributed by atoms with van der Waals surface area (Å²) in [6, 6.07) is 33.8. The maximum atomic E-state index is 8.49. The zero-order chi connectivity index (χ0) is 34.7. The Balaban J connectivity index is 1.53. The van der Waals surface area contributed by atoms with Crippen LogP contribution in [0.4, 0.5) is 5.69 Å². The first-order valence-electron chi connectivity index (χ1n) is 17.0. The van der Waals surface area contributed by atoms with Crippen molar-refractivity contribution < 1.29 is 17.2 Å². The molecule has 2 heterocycles. The molecule has 0 saturated carbocycles. The van der Waals surface area contributed by atoms with Crippen LogP contribution in [0.25, 0.3) is 71.4 Å². The highest BCUT2D eigenvalue weighted by molar-refractivity contribution is 6.15. The molecule has 0 radical (unpaired) electrons. The molecular formula is C40H31N2O+. The van der Waals surface area contributed by atoms with E-state index in [0.717, 1.165) is 38.6 Å². The minimum atomic E-state index is -2.53. The van der Waals surface area contributed by atoms with E-state index in [-0.39, 0.29) is 11.1 Å². The van der Waals surface area contributed by atoms with Gasteiger partial charge in [0.2, 0.25) is 5.69 Å². The Labute approximate surface area is 260 Å². The first kappa shape index (κ1) is 20.4. The molecule has 43 heavy (non-hydrogen) atoms. The minimum Gasteiger partial charge on any atom is -0.456 e. The molecule has 0 aliphatic heterocycles. The average molecular weight is 562 g/mol. The van der Waals surface area contributed by atoms with Crippen LogP contribution in [0.15, 0.2) is 120 Å². The zero-order valence-corrected chi connectivity index (χ0v) is 23.8. The van der Waals surface area contributed by atoms with E-state index in [4.69, 9.17) is 19.2 Å². The largest absolute Gasteiger partial charge is 0.456 e. The highest BCUT2D eigenvalue weighted by Crippen LogP contribution is 2.44. The second kappa shape index (κ2) is 10.4. The van der Waals surface area contributed by atoms with E-state index in [1.165, 1.54) is 0 Å². The Morgan fingerprint density at radius 2 is 1.33 bits per heavy atom. The molecule has 0 amide bonds. The number of furan rings is 1. The summed E-state index contributed by atoms with van der Waals surface area (Å²) in [5.74, 6) is 0. The highest BCUT2D eigenvalue weighted by atomic mass is 16.3. The average Bonchev–Trinajstić information content (AvgIpc) is 3.46. The fourth-order valence-electron chi connectivity index (χ4n) is 6.00. The Morgan fingerprint density at radius 3 is 2.02 bits per heavy atom. The molecular weight excluding hydrogens is 524 g/mol. The first-order valence-corrected chi connectivity index (χ1v) is 14.0. The maximum Gasteiger partial charge on any atom is 0.216 e. The van der Waals surface area contributed by atoms with Crippen molar-refractivity contribution in [1.82, 2.24) is 0 Å². The smallest absolute Gasteiger partial charge is 0.216 e. The fourth-order valence-corrected chi connectivity index (χ4v) is 6.00. The number of nitrogens with zero attached hydrogens (tertiary/aromatic N) is 2. The van der Waals surface area contributed by atoms with Crippen LogP contribution in [0.5, 0.6) is 0 Å². The van der Waals surface area contributed by atoms with Gasteiger partial charge >= 0.3 is 0 Å². The van der Waals surface area contributed by atoms with Crippen molar-refractivity contribution in [3.63, 3.8) is 0 Å². The topological polar surface area (TPSA) is 21.4 Å². The molecule has 206 valence electrons. The van der Waals surface area contributed by atoms with Gasteiger partial charge < -0.3 is 4.42 Å². The number of aryl methyl sites for hydroxylation is 4. The van der Waals surface area contributed by atoms with Crippen LogP contribution in [0, 0.1) is 27.2 Å². The van der Waals surface area contributed by atoms with Crippen molar-refractivity contribution in [2.24, 2.45) is 7.05 Å². The van der Waals surface area contributed by atoms with Gasteiger partial charge in [-0.25, -0.2) is 9.41 Å². The molecule has 0 aliphatic carbocycles.